The minimum absolute atomic E-state index is 0. The third-order valence-electron chi connectivity index (χ3n) is 3.40. The summed E-state index contributed by atoms with van der Waals surface area (Å²) in [5.41, 5.74) is -0.471. The number of guanidine groups is 1. The van der Waals surface area contributed by atoms with Crippen LogP contribution in [0.3, 0.4) is 0 Å². The molecule has 0 atom stereocenters. The van der Waals surface area contributed by atoms with Crippen molar-refractivity contribution in [1.29, 1.82) is 0 Å². The second kappa shape index (κ2) is 15.2. The van der Waals surface area contributed by atoms with Crippen molar-refractivity contribution in [2.75, 3.05) is 38.5 Å². The van der Waals surface area contributed by atoms with E-state index in [0.29, 0.717) is 6.54 Å². The number of nitrogens with one attached hydrogen (secondary N) is 4. The highest BCUT2D eigenvalue weighted by atomic mass is 127. The van der Waals surface area contributed by atoms with Crippen LogP contribution in [0.2, 0.25) is 0 Å². The first-order chi connectivity index (χ1) is 12.9. The Morgan fingerprint density at radius 3 is 2.29 bits per heavy atom. The van der Waals surface area contributed by atoms with E-state index in [0.717, 1.165) is 50.7 Å². The van der Waals surface area contributed by atoms with Gasteiger partial charge in [0.2, 0.25) is 0 Å². The number of carbonyl (C=O) groups excluding carboxylic acids is 1. The molecular formula is C19H35IN6O2. The van der Waals surface area contributed by atoms with E-state index in [2.05, 4.69) is 31.2 Å². The molecule has 0 spiro atoms. The zero-order valence-electron chi connectivity index (χ0n) is 17.4. The first-order valence-corrected chi connectivity index (χ1v) is 9.47. The third-order valence-corrected chi connectivity index (χ3v) is 3.40. The summed E-state index contributed by atoms with van der Waals surface area (Å²) in [6.45, 7) is 8.55. The van der Waals surface area contributed by atoms with Crippen LogP contribution in [0, 0.1) is 0 Å². The average molecular weight is 506 g/mol. The Labute approximate surface area is 185 Å². The number of aromatic nitrogens is 1. The monoisotopic (exact) mass is 506 g/mol. The Balaban J connectivity index is 0.00000729. The number of rotatable bonds is 10. The Hall–Kier alpha value is -1.78. The van der Waals surface area contributed by atoms with Crippen LogP contribution in [0.4, 0.5) is 10.6 Å². The van der Waals surface area contributed by atoms with Crippen LogP contribution in [0.25, 0.3) is 0 Å². The molecule has 0 aliphatic heterocycles. The molecule has 1 aromatic rings. The fraction of sp³-hybridized carbons (Fsp3) is 0.632. The van der Waals surface area contributed by atoms with Gasteiger partial charge in [-0.05, 0) is 52.2 Å². The van der Waals surface area contributed by atoms with Crippen molar-refractivity contribution in [3.8, 4) is 0 Å². The lowest BCUT2D eigenvalue weighted by Gasteiger charge is -2.19. The Bertz CT molecular complexity index is 563. The molecule has 0 fully saturated rings. The van der Waals surface area contributed by atoms with Crippen molar-refractivity contribution in [2.24, 2.45) is 4.99 Å². The van der Waals surface area contributed by atoms with E-state index in [9.17, 15) is 4.79 Å². The van der Waals surface area contributed by atoms with Crippen LogP contribution in [0.15, 0.2) is 29.4 Å². The molecule has 0 aliphatic rings. The molecule has 1 aromatic heterocycles. The molecule has 8 nitrogen and oxygen atoms in total. The van der Waals surface area contributed by atoms with Gasteiger partial charge < -0.3 is 26.0 Å². The predicted octanol–water partition coefficient (Wildman–Crippen LogP) is 2.97. The summed E-state index contributed by atoms with van der Waals surface area (Å²) in [7, 11) is 1.75. The van der Waals surface area contributed by atoms with Crippen molar-refractivity contribution in [2.45, 2.75) is 45.6 Å². The molecule has 0 aliphatic carbocycles. The highest BCUT2D eigenvalue weighted by molar-refractivity contribution is 14.0. The lowest BCUT2D eigenvalue weighted by Crippen LogP contribution is -2.39. The fourth-order valence-corrected chi connectivity index (χ4v) is 2.16. The molecule has 1 rings (SSSR count). The summed E-state index contributed by atoms with van der Waals surface area (Å²) in [5, 5.41) is 12.5. The molecule has 28 heavy (non-hydrogen) atoms. The number of anilines is 1. The van der Waals surface area contributed by atoms with Gasteiger partial charge in [-0.1, -0.05) is 6.07 Å². The molecule has 1 amide bonds. The topological polar surface area (TPSA) is 99.7 Å². The highest BCUT2D eigenvalue weighted by Crippen LogP contribution is 2.06. The minimum Gasteiger partial charge on any atom is -0.444 e. The summed E-state index contributed by atoms with van der Waals surface area (Å²) < 4.78 is 5.18. The normalized spacial score (nSPS) is 11.2. The molecule has 160 valence electrons. The van der Waals surface area contributed by atoms with Gasteiger partial charge in [-0.3, -0.25) is 4.99 Å². The van der Waals surface area contributed by atoms with Crippen LogP contribution in [-0.4, -0.2) is 55.9 Å². The third kappa shape index (κ3) is 14.3. The second-order valence-corrected chi connectivity index (χ2v) is 7.06. The van der Waals surface area contributed by atoms with Crippen molar-refractivity contribution in [3.05, 3.63) is 24.4 Å². The van der Waals surface area contributed by atoms with Crippen LogP contribution in [0.1, 0.15) is 40.0 Å². The number of aliphatic imine (C=N–C) groups is 1. The summed E-state index contributed by atoms with van der Waals surface area (Å²) in [4.78, 5) is 19.9. The van der Waals surface area contributed by atoms with E-state index in [1.165, 1.54) is 0 Å². The standard InChI is InChI=1S/C19H34N6O2.HI/c1-19(2,3)27-18(26)25-15-9-14-24-17(20-4)23-13-8-7-12-22-16-10-5-6-11-21-16;/h5-6,10-11H,7-9,12-15H2,1-4H3,(H,21,22)(H,25,26)(H2,20,23,24);1H. The number of hydrogen-bond donors (Lipinski definition) is 4. The number of alkyl carbamates (subject to hydrolysis) is 1. The first kappa shape index (κ1) is 26.2. The quantitative estimate of drug-likeness (QED) is 0.169. The Morgan fingerprint density at radius 2 is 1.68 bits per heavy atom. The zero-order chi connectivity index (χ0) is 20.0. The highest BCUT2D eigenvalue weighted by Gasteiger charge is 2.15. The molecule has 0 radical (unpaired) electrons. The first-order valence-electron chi connectivity index (χ1n) is 9.47. The largest absolute Gasteiger partial charge is 0.444 e. The van der Waals surface area contributed by atoms with Crippen LogP contribution < -0.4 is 21.3 Å². The van der Waals surface area contributed by atoms with Crippen molar-refractivity contribution in [1.82, 2.24) is 20.9 Å². The predicted molar refractivity (Wildman–Crippen MR) is 126 cm³/mol. The van der Waals surface area contributed by atoms with E-state index in [1.807, 2.05) is 39.0 Å². The van der Waals surface area contributed by atoms with Crippen LogP contribution in [-0.2, 0) is 4.74 Å². The summed E-state index contributed by atoms with van der Waals surface area (Å²) in [5.74, 6) is 1.67. The van der Waals surface area contributed by atoms with Crippen molar-refractivity contribution in [3.63, 3.8) is 0 Å². The average Bonchev–Trinajstić information content (AvgIpc) is 2.62. The number of carbonyl (C=O) groups is 1. The molecule has 0 aromatic carbocycles. The van der Waals surface area contributed by atoms with Crippen molar-refractivity contribution >= 4 is 41.8 Å². The van der Waals surface area contributed by atoms with Gasteiger partial charge in [0.1, 0.15) is 11.4 Å². The van der Waals surface area contributed by atoms with Gasteiger partial charge in [0.05, 0.1) is 0 Å². The smallest absolute Gasteiger partial charge is 0.407 e. The number of hydrogen-bond acceptors (Lipinski definition) is 5. The summed E-state index contributed by atoms with van der Waals surface area (Å²) in [6.07, 6.45) is 4.25. The SMILES string of the molecule is CN=C(NCCCCNc1ccccn1)NCCCNC(=O)OC(C)(C)C.I. The molecular weight excluding hydrogens is 471 g/mol. The molecule has 0 bridgehead atoms. The molecule has 0 saturated heterocycles. The zero-order valence-corrected chi connectivity index (χ0v) is 19.7. The summed E-state index contributed by atoms with van der Waals surface area (Å²) in [6, 6.07) is 5.83. The summed E-state index contributed by atoms with van der Waals surface area (Å²) >= 11 is 0. The minimum atomic E-state index is -0.471. The number of amides is 1. The van der Waals surface area contributed by atoms with Gasteiger partial charge in [0.15, 0.2) is 5.96 Å². The second-order valence-electron chi connectivity index (χ2n) is 7.06. The Morgan fingerprint density at radius 1 is 1.04 bits per heavy atom. The maximum atomic E-state index is 11.5. The van der Waals surface area contributed by atoms with Gasteiger partial charge in [0, 0.05) is 39.4 Å². The molecule has 0 saturated carbocycles. The van der Waals surface area contributed by atoms with Gasteiger partial charge >= 0.3 is 6.09 Å². The van der Waals surface area contributed by atoms with Gasteiger partial charge in [0.25, 0.3) is 0 Å². The molecule has 1 heterocycles. The Kier molecular flexibility index (Phi) is 14.2. The number of ether oxygens (including phenoxy) is 1. The number of unbranched alkanes of at least 4 members (excludes halogenated alkanes) is 1. The molecule has 9 heteroatoms. The van der Waals surface area contributed by atoms with E-state index in [1.54, 1.807) is 13.2 Å². The maximum Gasteiger partial charge on any atom is 0.407 e. The van der Waals surface area contributed by atoms with E-state index in [4.69, 9.17) is 4.74 Å². The number of nitrogens with zero attached hydrogens (tertiary/aromatic N) is 2. The lowest BCUT2D eigenvalue weighted by molar-refractivity contribution is 0.0527. The van der Waals surface area contributed by atoms with E-state index < -0.39 is 5.60 Å². The van der Waals surface area contributed by atoms with Crippen LogP contribution in [0.5, 0.6) is 0 Å². The van der Waals surface area contributed by atoms with Gasteiger partial charge in [-0.25, -0.2) is 9.78 Å². The maximum absolute atomic E-state index is 11.5. The van der Waals surface area contributed by atoms with Crippen molar-refractivity contribution < 1.29 is 9.53 Å². The van der Waals surface area contributed by atoms with E-state index in [-0.39, 0.29) is 30.1 Å². The van der Waals surface area contributed by atoms with Gasteiger partial charge in [-0.15, -0.1) is 24.0 Å². The van der Waals surface area contributed by atoms with E-state index >= 15 is 0 Å². The molecule has 0 unspecified atom stereocenters. The van der Waals surface area contributed by atoms with Crippen LogP contribution >= 0.6 is 24.0 Å². The fourth-order valence-electron chi connectivity index (χ4n) is 2.16. The number of pyridine rings is 1. The number of halogens is 1. The lowest BCUT2D eigenvalue weighted by atomic mass is 10.2. The van der Waals surface area contributed by atoms with Gasteiger partial charge in [-0.2, -0.15) is 0 Å². The molecule has 4 N–H and O–H groups in total.